The Hall–Kier alpha value is -2.08. The second-order valence-electron chi connectivity index (χ2n) is 9.42. The third-order valence-electron chi connectivity index (χ3n) is 6.37. The highest BCUT2D eigenvalue weighted by Gasteiger charge is 2.47. The van der Waals surface area contributed by atoms with Crippen molar-refractivity contribution >= 4 is 29.2 Å². The summed E-state index contributed by atoms with van der Waals surface area (Å²) in [6, 6.07) is 4.61. The van der Waals surface area contributed by atoms with Crippen molar-refractivity contribution in [1.82, 2.24) is 14.1 Å². The SMILES string of the molecule is O=c1ccn([C@@H]2O[C@H](COP(=O)(O)OP(=O)(O)OP(=O)(O)O)[C@H](O)[C@@H]2O)c(=O)n1Cc1cc(N2CCCCC2)ccn1. The minimum atomic E-state index is -5.78. The zero-order valence-corrected chi connectivity index (χ0v) is 24.3. The molecule has 6 N–H and O–H groups in total. The van der Waals surface area contributed by atoms with E-state index in [-0.39, 0.29) is 6.54 Å². The highest BCUT2D eigenvalue weighted by Crippen LogP contribution is 2.66. The van der Waals surface area contributed by atoms with Gasteiger partial charge in [0.05, 0.1) is 18.8 Å². The van der Waals surface area contributed by atoms with Crippen molar-refractivity contribution in [3.63, 3.8) is 0 Å². The van der Waals surface area contributed by atoms with E-state index in [0.29, 0.717) is 5.69 Å². The lowest BCUT2D eigenvalue weighted by Crippen LogP contribution is -2.43. The van der Waals surface area contributed by atoms with Crippen molar-refractivity contribution < 1.29 is 61.4 Å². The van der Waals surface area contributed by atoms with E-state index in [1.807, 2.05) is 6.07 Å². The van der Waals surface area contributed by atoms with E-state index >= 15 is 0 Å². The lowest BCUT2D eigenvalue weighted by Gasteiger charge is -2.29. The maximum absolute atomic E-state index is 13.3. The molecule has 0 bridgehead atoms. The Labute approximate surface area is 237 Å². The van der Waals surface area contributed by atoms with Gasteiger partial charge >= 0.3 is 29.2 Å². The topological polar surface area (TPSA) is 270 Å². The van der Waals surface area contributed by atoms with E-state index in [2.05, 4.69) is 23.0 Å². The fourth-order valence-corrected chi connectivity index (χ4v) is 7.53. The normalized spacial score (nSPS) is 26.1. The fraction of sp³-hybridized carbons (Fsp3) is 0.550. The molecular formula is C20H29N4O15P3. The van der Waals surface area contributed by atoms with Crippen LogP contribution in [0.2, 0.25) is 0 Å². The quantitative estimate of drug-likeness (QED) is 0.165. The maximum atomic E-state index is 13.3. The van der Waals surface area contributed by atoms with E-state index in [1.165, 1.54) is 0 Å². The van der Waals surface area contributed by atoms with Gasteiger partial charge in [-0.2, -0.15) is 8.62 Å². The van der Waals surface area contributed by atoms with Gasteiger partial charge in [0.25, 0.3) is 5.56 Å². The summed E-state index contributed by atoms with van der Waals surface area (Å²) in [7, 11) is -16.9. The van der Waals surface area contributed by atoms with E-state index in [4.69, 9.17) is 14.5 Å². The van der Waals surface area contributed by atoms with Crippen LogP contribution in [0.5, 0.6) is 0 Å². The standard InChI is InChI=1S/C20H29N4O15P3/c25-16-5-9-23(20(28)24(16)11-13-10-14(4-6-21-13)22-7-2-1-3-8-22)19-18(27)17(26)15(37-19)12-36-41(32,33)39-42(34,35)38-40(29,30)31/h4-6,9-10,15,17-19,26-27H,1-3,7-8,11-12H2,(H,32,33)(H,34,35)(H2,29,30,31)/t15-,17+,18+,19-/m1/s1. The fourth-order valence-electron chi connectivity index (χ4n) is 4.50. The number of pyridine rings is 1. The molecule has 2 aliphatic heterocycles. The molecular weight excluding hydrogens is 629 g/mol. The van der Waals surface area contributed by atoms with Gasteiger partial charge in [-0.25, -0.2) is 18.5 Å². The number of nitrogens with zero attached hydrogens (tertiary/aromatic N) is 4. The Bertz CT molecular complexity index is 1540. The Kier molecular flexibility index (Phi) is 10.1. The number of anilines is 1. The summed E-state index contributed by atoms with van der Waals surface area (Å²) in [4.78, 5) is 68.3. The number of hydrogen-bond donors (Lipinski definition) is 6. The van der Waals surface area contributed by atoms with Crippen LogP contribution >= 0.6 is 23.5 Å². The lowest BCUT2D eigenvalue weighted by atomic mass is 10.1. The highest BCUT2D eigenvalue weighted by molar-refractivity contribution is 7.66. The summed E-state index contributed by atoms with van der Waals surface area (Å²) in [5.41, 5.74) is -0.312. The third kappa shape index (κ3) is 8.30. The Balaban J connectivity index is 1.47. The smallest absolute Gasteiger partial charge is 0.387 e. The lowest BCUT2D eigenvalue weighted by molar-refractivity contribution is -0.0547. The molecule has 0 saturated carbocycles. The van der Waals surface area contributed by atoms with E-state index in [0.717, 1.165) is 59.4 Å². The van der Waals surface area contributed by atoms with Crippen molar-refractivity contribution in [2.24, 2.45) is 0 Å². The molecule has 0 amide bonds. The van der Waals surface area contributed by atoms with Gasteiger partial charge in [0, 0.05) is 37.2 Å². The van der Waals surface area contributed by atoms with Crippen LogP contribution in [0.4, 0.5) is 5.69 Å². The predicted octanol–water partition coefficient (Wildman–Crippen LogP) is -0.594. The first-order valence-corrected chi connectivity index (χ1v) is 16.9. The summed E-state index contributed by atoms with van der Waals surface area (Å²) in [6.45, 7) is 0.440. The van der Waals surface area contributed by atoms with Crippen LogP contribution in [-0.2, 0) is 38.1 Å². The number of aromatic nitrogens is 3. The molecule has 2 aromatic rings. The molecule has 19 nitrogen and oxygen atoms in total. The number of phosphoric ester groups is 1. The molecule has 0 radical (unpaired) electrons. The van der Waals surface area contributed by atoms with Gasteiger partial charge in [-0.15, -0.1) is 0 Å². The average molecular weight is 658 g/mol. The van der Waals surface area contributed by atoms with Gasteiger partial charge in [0.2, 0.25) is 0 Å². The zero-order chi connectivity index (χ0) is 30.9. The molecule has 2 aliphatic rings. The Morgan fingerprint density at radius 2 is 1.64 bits per heavy atom. The molecule has 42 heavy (non-hydrogen) atoms. The largest absolute Gasteiger partial charge is 0.490 e. The highest BCUT2D eigenvalue weighted by atomic mass is 31.3. The van der Waals surface area contributed by atoms with E-state index in [9.17, 15) is 43.3 Å². The molecule has 2 unspecified atom stereocenters. The monoisotopic (exact) mass is 658 g/mol. The van der Waals surface area contributed by atoms with Crippen LogP contribution in [0.25, 0.3) is 0 Å². The van der Waals surface area contributed by atoms with Crippen molar-refractivity contribution in [2.45, 2.75) is 50.3 Å². The van der Waals surface area contributed by atoms with Crippen LogP contribution in [-0.4, -0.2) is 81.9 Å². The molecule has 2 fully saturated rings. The van der Waals surface area contributed by atoms with Gasteiger partial charge in [-0.1, -0.05) is 0 Å². The van der Waals surface area contributed by atoms with Crippen LogP contribution in [0, 0.1) is 0 Å². The summed E-state index contributed by atoms with van der Waals surface area (Å²) in [5.74, 6) is 0. The predicted molar refractivity (Wildman–Crippen MR) is 140 cm³/mol. The van der Waals surface area contributed by atoms with Gasteiger partial charge < -0.3 is 39.4 Å². The third-order valence-corrected chi connectivity index (χ3v) is 10.2. The molecule has 2 saturated heterocycles. The van der Waals surface area contributed by atoms with Crippen molar-refractivity contribution in [3.05, 3.63) is 57.1 Å². The first kappa shape index (κ1) is 32.8. The minimum Gasteiger partial charge on any atom is -0.387 e. The summed E-state index contributed by atoms with van der Waals surface area (Å²) >= 11 is 0. The molecule has 2 aromatic heterocycles. The molecule has 22 heteroatoms. The second kappa shape index (κ2) is 12.9. The molecule has 234 valence electrons. The van der Waals surface area contributed by atoms with Gasteiger partial charge in [0.1, 0.15) is 18.3 Å². The number of aliphatic hydroxyl groups excluding tert-OH is 2. The number of phosphoric acid groups is 3. The number of hydrogen-bond acceptors (Lipinski definition) is 13. The van der Waals surface area contributed by atoms with Crippen LogP contribution in [0.1, 0.15) is 31.2 Å². The van der Waals surface area contributed by atoms with Crippen LogP contribution in [0.15, 0.2) is 40.2 Å². The number of piperidine rings is 1. The van der Waals surface area contributed by atoms with Crippen LogP contribution < -0.4 is 16.1 Å². The average Bonchev–Trinajstić information content (AvgIpc) is 3.17. The molecule has 0 aromatic carbocycles. The summed E-state index contributed by atoms with van der Waals surface area (Å²) in [6.07, 6.45) is -1.09. The van der Waals surface area contributed by atoms with Crippen LogP contribution in [0.3, 0.4) is 0 Å². The van der Waals surface area contributed by atoms with Gasteiger partial charge in [0.15, 0.2) is 6.23 Å². The first-order valence-electron chi connectivity index (χ1n) is 12.4. The first-order chi connectivity index (χ1) is 19.6. The van der Waals surface area contributed by atoms with Gasteiger partial charge in [-0.3, -0.25) is 23.4 Å². The maximum Gasteiger partial charge on any atom is 0.490 e. The summed E-state index contributed by atoms with van der Waals surface area (Å²) < 4.78 is 53.0. The minimum absolute atomic E-state index is 0.221. The molecule has 0 spiro atoms. The molecule has 4 heterocycles. The van der Waals surface area contributed by atoms with Crippen molar-refractivity contribution in [1.29, 1.82) is 0 Å². The number of aliphatic hydroxyl groups is 2. The van der Waals surface area contributed by atoms with Crippen molar-refractivity contribution in [2.75, 3.05) is 24.6 Å². The van der Waals surface area contributed by atoms with Crippen molar-refractivity contribution in [3.8, 4) is 0 Å². The molecule has 4 rings (SSSR count). The second-order valence-corrected chi connectivity index (χ2v) is 13.8. The number of ether oxygens (including phenoxy) is 1. The van der Waals surface area contributed by atoms with E-state index in [1.54, 1.807) is 12.3 Å². The van der Waals surface area contributed by atoms with E-state index < -0.39 is 65.9 Å². The molecule has 0 aliphatic carbocycles. The Morgan fingerprint density at radius 1 is 0.952 bits per heavy atom. The Morgan fingerprint density at radius 3 is 2.31 bits per heavy atom. The van der Waals surface area contributed by atoms with Gasteiger partial charge in [-0.05, 0) is 31.4 Å². The summed E-state index contributed by atoms with van der Waals surface area (Å²) in [5, 5.41) is 20.9. The molecule has 6 atom stereocenters. The number of rotatable bonds is 11. The zero-order valence-electron chi connectivity index (χ0n) is 21.6.